The minimum atomic E-state index is -0.259. The lowest BCUT2D eigenvalue weighted by Gasteiger charge is -2.35. The summed E-state index contributed by atoms with van der Waals surface area (Å²) in [5, 5.41) is 3.04. The first kappa shape index (κ1) is 17.9. The Morgan fingerprint density at radius 3 is 2.88 bits per heavy atom. The number of carbonyl (C=O) groups excluding carboxylic acids is 2. The van der Waals surface area contributed by atoms with Gasteiger partial charge in [0, 0.05) is 12.2 Å². The van der Waals surface area contributed by atoms with E-state index >= 15 is 0 Å². The van der Waals surface area contributed by atoms with Gasteiger partial charge in [-0.15, -0.1) is 0 Å². The number of piperidine rings is 1. The maximum atomic E-state index is 12.6. The van der Waals surface area contributed by atoms with E-state index in [1.54, 1.807) is 0 Å². The number of likely N-dealkylation sites (tertiary alicyclic amines) is 1. The minimum absolute atomic E-state index is 0.0116. The number of nitrogens with zero attached hydrogens (tertiary/aromatic N) is 1. The van der Waals surface area contributed by atoms with Gasteiger partial charge in [-0.2, -0.15) is 0 Å². The number of ether oxygens (including phenoxy) is 1. The van der Waals surface area contributed by atoms with Gasteiger partial charge in [0.15, 0.2) is 0 Å². The lowest BCUT2D eigenvalue weighted by Crippen LogP contribution is -2.48. The fraction of sp³-hybridized carbons (Fsp3) is 0.600. The summed E-state index contributed by atoms with van der Waals surface area (Å²) in [4.78, 5) is 26.7. The molecule has 5 heteroatoms. The minimum Gasteiger partial charge on any atom is -0.466 e. The Bertz CT molecular complexity index is 644. The van der Waals surface area contributed by atoms with E-state index in [9.17, 15) is 9.59 Å². The molecule has 1 amide bonds. The van der Waals surface area contributed by atoms with Crippen LogP contribution in [0.15, 0.2) is 18.2 Å². The molecular weight excluding hydrogens is 316 g/mol. The Labute approximate surface area is 149 Å². The van der Waals surface area contributed by atoms with Crippen LogP contribution in [0.5, 0.6) is 0 Å². The van der Waals surface area contributed by atoms with Crippen molar-refractivity contribution in [3.05, 3.63) is 29.3 Å². The summed E-state index contributed by atoms with van der Waals surface area (Å²) in [5.41, 5.74) is 3.63. The van der Waals surface area contributed by atoms with Crippen molar-refractivity contribution < 1.29 is 14.3 Å². The summed E-state index contributed by atoms with van der Waals surface area (Å²) >= 11 is 0. The van der Waals surface area contributed by atoms with Gasteiger partial charge in [0.25, 0.3) is 0 Å². The second kappa shape index (κ2) is 8.00. The van der Waals surface area contributed by atoms with Gasteiger partial charge in [0.2, 0.25) is 5.91 Å². The number of nitrogens with one attached hydrogen (secondary N) is 1. The molecule has 2 atom stereocenters. The molecule has 2 aliphatic rings. The Morgan fingerprint density at radius 1 is 1.28 bits per heavy atom. The van der Waals surface area contributed by atoms with Crippen LogP contribution in [0.2, 0.25) is 0 Å². The summed E-state index contributed by atoms with van der Waals surface area (Å²) in [5.74, 6) is -0.273. The van der Waals surface area contributed by atoms with Gasteiger partial charge in [0.1, 0.15) is 0 Å². The molecule has 0 saturated carbocycles. The molecule has 0 radical (unpaired) electrons. The van der Waals surface area contributed by atoms with Crippen molar-refractivity contribution in [2.45, 2.75) is 52.0 Å². The average molecular weight is 344 g/mol. The van der Waals surface area contributed by atoms with Crippen molar-refractivity contribution >= 4 is 17.6 Å². The largest absolute Gasteiger partial charge is 0.466 e. The number of esters is 1. The molecule has 1 aromatic rings. The Kier molecular flexibility index (Phi) is 5.74. The number of benzene rings is 1. The molecule has 3 rings (SSSR count). The van der Waals surface area contributed by atoms with Crippen molar-refractivity contribution in [2.75, 3.05) is 25.0 Å². The zero-order valence-corrected chi connectivity index (χ0v) is 15.2. The molecular formula is C20H28N2O3. The third-order valence-corrected chi connectivity index (χ3v) is 5.37. The summed E-state index contributed by atoms with van der Waals surface area (Å²) in [6, 6.07) is 5.96. The van der Waals surface area contributed by atoms with Gasteiger partial charge in [-0.1, -0.05) is 6.07 Å². The highest BCUT2D eigenvalue weighted by Crippen LogP contribution is 2.25. The first-order valence-electron chi connectivity index (χ1n) is 9.42. The highest BCUT2D eigenvalue weighted by molar-refractivity contribution is 5.94. The predicted molar refractivity (Wildman–Crippen MR) is 97.5 cm³/mol. The average Bonchev–Trinajstić information content (AvgIpc) is 3.09. The van der Waals surface area contributed by atoms with E-state index < -0.39 is 0 Å². The van der Waals surface area contributed by atoms with Gasteiger partial charge in [-0.3, -0.25) is 14.5 Å². The number of hydrogen-bond donors (Lipinski definition) is 1. The zero-order valence-electron chi connectivity index (χ0n) is 15.2. The Balaban J connectivity index is 1.59. The fourth-order valence-corrected chi connectivity index (χ4v) is 3.87. The van der Waals surface area contributed by atoms with Crippen LogP contribution in [-0.2, 0) is 27.2 Å². The van der Waals surface area contributed by atoms with Crippen LogP contribution in [-0.4, -0.2) is 42.5 Å². The molecule has 5 nitrogen and oxygen atoms in total. The van der Waals surface area contributed by atoms with Crippen LogP contribution < -0.4 is 5.32 Å². The van der Waals surface area contributed by atoms with Crippen molar-refractivity contribution in [3.8, 4) is 0 Å². The summed E-state index contributed by atoms with van der Waals surface area (Å²) in [6.07, 6.45) is 5.20. The second-order valence-electron chi connectivity index (χ2n) is 7.09. The van der Waals surface area contributed by atoms with Crippen LogP contribution >= 0.6 is 0 Å². The molecule has 0 spiro atoms. The van der Waals surface area contributed by atoms with Crippen LogP contribution in [0, 0.1) is 5.92 Å². The van der Waals surface area contributed by atoms with E-state index in [1.165, 1.54) is 17.5 Å². The Hall–Kier alpha value is -1.88. The fourth-order valence-electron chi connectivity index (χ4n) is 3.87. The van der Waals surface area contributed by atoms with E-state index in [0.717, 1.165) is 37.9 Å². The van der Waals surface area contributed by atoms with E-state index in [4.69, 9.17) is 4.74 Å². The molecule has 1 aliphatic carbocycles. The van der Waals surface area contributed by atoms with Gasteiger partial charge in [-0.05, 0) is 75.8 Å². The van der Waals surface area contributed by atoms with E-state index in [1.807, 2.05) is 19.9 Å². The lowest BCUT2D eigenvalue weighted by molar-refractivity contribution is -0.150. The van der Waals surface area contributed by atoms with Crippen LogP contribution in [0.3, 0.4) is 0 Å². The van der Waals surface area contributed by atoms with Gasteiger partial charge in [0.05, 0.1) is 18.6 Å². The Morgan fingerprint density at radius 2 is 2.08 bits per heavy atom. The van der Waals surface area contributed by atoms with Gasteiger partial charge >= 0.3 is 5.97 Å². The topological polar surface area (TPSA) is 58.6 Å². The summed E-state index contributed by atoms with van der Waals surface area (Å²) in [6.45, 7) is 5.58. The lowest BCUT2D eigenvalue weighted by atomic mass is 9.97. The number of hydrogen-bond acceptors (Lipinski definition) is 4. The highest BCUT2D eigenvalue weighted by atomic mass is 16.5. The second-order valence-corrected chi connectivity index (χ2v) is 7.09. The van der Waals surface area contributed by atoms with E-state index in [2.05, 4.69) is 22.3 Å². The number of carbonyl (C=O) groups is 2. The predicted octanol–water partition coefficient (Wildman–Crippen LogP) is 2.78. The molecule has 1 fully saturated rings. The smallest absolute Gasteiger partial charge is 0.310 e. The third kappa shape index (κ3) is 4.21. The van der Waals surface area contributed by atoms with Crippen molar-refractivity contribution in [1.29, 1.82) is 0 Å². The van der Waals surface area contributed by atoms with Crippen LogP contribution in [0.25, 0.3) is 0 Å². The van der Waals surface area contributed by atoms with Crippen LogP contribution in [0.1, 0.15) is 44.2 Å². The van der Waals surface area contributed by atoms with E-state index in [-0.39, 0.29) is 23.8 Å². The molecule has 1 heterocycles. The molecule has 1 saturated heterocycles. The quantitative estimate of drug-likeness (QED) is 0.835. The van der Waals surface area contributed by atoms with Crippen LogP contribution in [0.4, 0.5) is 5.69 Å². The first-order valence-corrected chi connectivity index (χ1v) is 9.42. The summed E-state index contributed by atoms with van der Waals surface area (Å²) in [7, 11) is 0. The number of anilines is 1. The third-order valence-electron chi connectivity index (χ3n) is 5.37. The maximum Gasteiger partial charge on any atom is 0.310 e. The SMILES string of the molecule is CCOC(=O)[C@@H]1CCCN([C@@H](C)C(=O)Nc2ccc3c(c2)CCC3)C1. The molecule has 25 heavy (non-hydrogen) atoms. The standard InChI is InChI=1S/C20H28N2O3/c1-3-25-20(24)17-8-5-11-22(13-17)14(2)19(23)21-18-10-9-15-6-4-7-16(15)12-18/h9-10,12,14,17H,3-8,11,13H2,1-2H3,(H,21,23)/t14-,17+/m0/s1. The molecule has 1 aromatic carbocycles. The molecule has 0 unspecified atom stereocenters. The van der Waals surface area contributed by atoms with Gasteiger partial charge in [-0.25, -0.2) is 0 Å². The molecule has 1 N–H and O–H groups in total. The van der Waals surface area contributed by atoms with Crippen molar-refractivity contribution in [2.24, 2.45) is 5.92 Å². The summed E-state index contributed by atoms with van der Waals surface area (Å²) < 4.78 is 5.14. The molecule has 136 valence electrons. The molecule has 1 aliphatic heterocycles. The number of aryl methyl sites for hydroxylation is 2. The van der Waals surface area contributed by atoms with Gasteiger partial charge < -0.3 is 10.1 Å². The monoisotopic (exact) mass is 344 g/mol. The van der Waals surface area contributed by atoms with Crippen molar-refractivity contribution in [1.82, 2.24) is 4.90 Å². The normalized spacial score (nSPS) is 21.4. The molecule has 0 bridgehead atoms. The number of rotatable bonds is 5. The number of fused-ring (bicyclic) bond motifs is 1. The molecule has 0 aromatic heterocycles. The highest BCUT2D eigenvalue weighted by Gasteiger charge is 2.31. The number of amides is 1. The first-order chi connectivity index (χ1) is 12.1. The maximum absolute atomic E-state index is 12.6. The van der Waals surface area contributed by atoms with Crippen molar-refractivity contribution in [3.63, 3.8) is 0 Å². The zero-order chi connectivity index (χ0) is 17.8. The van der Waals surface area contributed by atoms with E-state index in [0.29, 0.717) is 13.2 Å².